The fraction of sp³-hybridized carbons (Fsp3) is 0.375. The molecule has 0 spiro atoms. The number of carbonyl (C=O) groups excluding carboxylic acids is 2. The van der Waals surface area contributed by atoms with Crippen molar-refractivity contribution >= 4 is 11.9 Å². The van der Waals surface area contributed by atoms with Gasteiger partial charge in [-0.05, 0) is 31.9 Å². The number of allylic oxidation sites excluding steroid dienone is 1. The number of ether oxygens (including phenoxy) is 1. The quantitative estimate of drug-likeness (QED) is 0.842. The lowest BCUT2D eigenvalue weighted by molar-refractivity contribution is -0.136. The zero-order chi connectivity index (χ0) is 14.9. The molecule has 1 aromatic rings. The van der Waals surface area contributed by atoms with E-state index >= 15 is 0 Å². The first-order chi connectivity index (χ1) is 9.43. The van der Waals surface area contributed by atoms with Crippen LogP contribution in [0.5, 0.6) is 0 Å². The summed E-state index contributed by atoms with van der Waals surface area (Å²) in [5.41, 5.74) is 4.37. The van der Waals surface area contributed by atoms with Crippen molar-refractivity contribution in [3.05, 3.63) is 46.2 Å². The van der Waals surface area contributed by atoms with Gasteiger partial charge in [0.25, 0.3) is 0 Å². The van der Waals surface area contributed by atoms with Crippen LogP contribution in [0.3, 0.4) is 0 Å². The Bertz CT molecular complexity index is 602. The van der Waals surface area contributed by atoms with Gasteiger partial charge in [0.05, 0.1) is 12.7 Å². The number of rotatable bonds is 2. The van der Waals surface area contributed by atoms with Gasteiger partial charge in [-0.25, -0.2) is 4.79 Å². The van der Waals surface area contributed by atoms with Crippen LogP contribution in [-0.4, -0.2) is 19.0 Å². The lowest BCUT2D eigenvalue weighted by atomic mass is 9.82. The SMILES string of the molecule is COC(=O)C1=C(C)NC(=O)CC1c1ccc(C)cc1C. The predicted octanol–water partition coefficient (Wildman–Crippen LogP) is 2.35. The van der Waals surface area contributed by atoms with Gasteiger partial charge in [0, 0.05) is 18.0 Å². The third kappa shape index (κ3) is 2.59. The van der Waals surface area contributed by atoms with Crippen molar-refractivity contribution in [2.45, 2.75) is 33.1 Å². The van der Waals surface area contributed by atoms with E-state index in [4.69, 9.17) is 4.74 Å². The fourth-order valence-electron chi connectivity index (χ4n) is 2.76. The molecule has 20 heavy (non-hydrogen) atoms. The van der Waals surface area contributed by atoms with Gasteiger partial charge in [0.1, 0.15) is 0 Å². The van der Waals surface area contributed by atoms with E-state index in [9.17, 15) is 9.59 Å². The van der Waals surface area contributed by atoms with Gasteiger partial charge in [-0.3, -0.25) is 4.79 Å². The van der Waals surface area contributed by atoms with E-state index in [0.29, 0.717) is 11.3 Å². The molecule has 1 unspecified atom stereocenters. The highest BCUT2D eigenvalue weighted by molar-refractivity contribution is 5.95. The number of hydrogen-bond acceptors (Lipinski definition) is 3. The van der Waals surface area contributed by atoms with Crippen molar-refractivity contribution in [3.63, 3.8) is 0 Å². The molecule has 2 rings (SSSR count). The van der Waals surface area contributed by atoms with Crippen molar-refractivity contribution in [1.29, 1.82) is 0 Å². The van der Waals surface area contributed by atoms with E-state index in [2.05, 4.69) is 11.4 Å². The summed E-state index contributed by atoms with van der Waals surface area (Å²) >= 11 is 0. The van der Waals surface area contributed by atoms with Crippen molar-refractivity contribution in [2.24, 2.45) is 0 Å². The Morgan fingerprint density at radius 2 is 2.00 bits per heavy atom. The first-order valence-corrected chi connectivity index (χ1v) is 6.60. The van der Waals surface area contributed by atoms with E-state index in [-0.39, 0.29) is 24.2 Å². The Balaban J connectivity index is 2.54. The van der Waals surface area contributed by atoms with Crippen LogP contribution in [-0.2, 0) is 14.3 Å². The largest absolute Gasteiger partial charge is 0.466 e. The number of esters is 1. The maximum Gasteiger partial charge on any atom is 0.336 e. The third-order valence-corrected chi connectivity index (χ3v) is 3.67. The molecule has 1 amide bonds. The number of methoxy groups -OCH3 is 1. The summed E-state index contributed by atoms with van der Waals surface area (Å²) in [5, 5.41) is 2.71. The summed E-state index contributed by atoms with van der Waals surface area (Å²) in [5.74, 6) is -0.690. The van der Waals surface area contributed by atoms with Crippen LogP contribution in [0.15, 0.2) is 29.5 Å². The second-order valence-corrected chi connectivity index (χ2v) is 5.20. The van der Waals surface area contributed by atoms with Crippen LogP contribution in [0.4, 0.5) is 0 Å². The van der Waals surface area contributed by atoms with E-state index in [0.717, 1.165) is 16.7 Å². The molecule has 4 nitrogen and oxygen atoms in total. The average molecular weight is 273 g/mol. The van der Waals surface area contributed by atoms with E-state index in [1.807, 2.05) is 26.0 Å². The highest BCUT2D eigenvalue weighted by atomic mass is 16.5. The molecule has 1 atom stereocenters. The molecule has 0 saturated carbocycles. The Morgan fingerprint density at radius 3 is 2.60 bits per heavy atom. The summed E-state index contributed by atoms with van der Waals surface area (Å²) in [6, 6.07) is 6.05. The van der Waals surface area contributed by atoms with Crippen LogP contribution in [0, 0.1) is 13.8 Å². The van der Waals surface area contributed by atoms with E-state index in [1.54, 1.807) is 6.92 Å². The smallest absolute Gasteiger partial charge is 0.336 e. The lowest BCUT2D eigenvalue weighted by Gasteiger charge is -2.27. The molecule has 1 heterocycles. The van der Waals surface area contributed by atoms with Gasteiger partial charge >= 0.3 is 5.97 Å². The predicted molar refractivity (Wildman–Crippen MR) is 76.1 cm³/mol. The molecular weight excluding hydrogens is 254 g/mol. The molecule has 4 heteroatoms. The Labute approximate surface area is 118 Å². The Morgan fingerprint density at radius 1 is 1.30 bits per heavy atom. The number of hydrogen-bond donors (Lipinski definition) is 1. The fourth-order valence-corrected chi connectivity index (χ4v) is 2.76. The zero-order valence-electron chi connectivity index (χ0n) is 12.2. The van der Waals surface area contributed by atoms with Gasteiger partial charge < -0.3 is 10.1 Å². The van der Waals surface area contributed by atoms with Crippen LogP contribution in [0.2, 0.25) is 0 Å². The highest BCUT2D eigenvalue weighted by Gasteiger charge is 2.32. The van der Waals surface area contributed by atoms with E-state index in [1.165, 1.54) is 7.11 Å². The molecule has 1 N–H and O–H groups in total. The van der Waals surface area contributed by atoms with Crippen molar-refractivity contribution in [2.75, 3.05) is 7.11 Å². The monoisotopic (exact) mass is 273 g/mol. The lowest BCUT2D eigenvalue weighted by Crippen LogP contribution is -2.34. The van der Waals surface area contributed by atoms with Gasteiger partial charge in [-0.2, -0.15) is 0 Å². The van der Waals surface area contributed by atoms with Crippen LogP contribution in [0.1, 0.15) is 36.0 Å². The minimum Gasteiger partial charge on any atom is -0.466 e. The molecule has 106 valence electrons. The summed E-state index contributed by atoms with van der Waals surface area (Å²) in [6.07, 6.45) is 0.270. The van der Waals surface area contributed by atoms with Crippen molar-refractivity contribution < 1.29 is 14.3 Å². The molecule has 1 aliphatic rings. The molecular formula is C16H19NO3. The zero-order valence-corrected chi connectivity index (χ0v) is 12.2. The summed E-state index contributed by atoms with van der Waals surface area (Å²) in [7, 11) is 1.36. The Kier molecular flexibility index (Phi) is 3.93. The van der Waals surface area contributed by atoms with E-state index < -0.39 is 0 Å². The molecule has 0 saturated heterocycles. The van der Waals surface area contributed by atoms with Crippen LogP contribution in [0.25, 0.3) is 0 Å². The van der Waals surface area contributed by atoms with Gasteiger partial charge in [0.15, 0.2) is 0 Å². The number of benzene rings is 1. The highest BCUT2D eigenvalue weighted by Crippen LogP contribution is 2.35. The summed E-state index contributed by atoms with van der Waals surface area (Å²) in [4.78, 5) is 23.8. The van der Waals surface area contributed by atoms with Gasteiger partial charge in [-0.15, -0.1) is 0 Å². The molecule has 0 bridgehead atoms. The second-order valence-electron chi connectivity index (χ2n) is 5.20. The molecule has 0 aliphatic carbocycles. The summed E-state index contributed by atoms with van der Waals surface area (Å²) < 4.78 is 4.86. The average Bonchev–Trinajstić information content (AvgIpc) is 2.37. The molecule has 0 aromatic heterocycles. The third-order valence-electron chi connectivity index (χ3n) is 3.67. The minimum atomic E-state index is -0.382. The Hall–Kier alpha value is -2.10. The molecule has 1 aromatic carbocycles. The maximum absolute atomic E-state index is 12.0. The minimum absolute atomic E-state index is 0.0693. The standard InChI is InChI=1S/C16H19NO3/c1-9-5-6-12(10(2)7-9)13-8-14(18)17-11(3)15(13)16(19)20-4/h5-7,13H,8H2,1-4H3,(H,17,18). The van der Waals surface area contributed by atoms with Crippen LogP contribution >= 0.6 is 0 Å². The normalized spacial score (nSPS) is 18.8. The van der Waals surface area contributed by atoms with Crippen molar-refractivity contribution in [3.8, 4) is 0 Å². The number of amides is 1. The summed E-state index contributed by atoms with van der Waals surface area (Å²) in [6.45, 7) is 5.76. The molecule has 0 radical (unpaired) electrons. The number of nitrogens with one attached hydrogen (secondary N) is 1. The number of carbonyl (C=O) groups is 2. The van der Waals surface area contributed by atoms with Gasteiger partial charge in [0.2, 0.25) is 5.91 Å². The van der Waals surface area contributed by atoms with Gasteiger partial charge in [-0.1, -0.05) is 23.8 Å². The topological polar surface area (TPSA) is 55.4 Å². The second kappa shape index (κ2) is 5.49. The first kappa shape index (κ1) is 14.3. The molecule has 1 aliphatic heterocycles. The van der Waals surface area contributed by atoms with Crippen LogP contribution < -0.4 is 5.32 Å². The first-order valence-electron chi connectivity index (χ1n) is 6.60. The van der Waals surface area contributed by atoms with Crippen molar-refractivity contribution in [1.82, 2.24) is 5.32 Å². The maximum atomic E-state index is 12.0. The number of aryl methyl sites for hydroxylation is 2. The molecule has 0 fully saturated rings.